The molecule has 0 amide bonds. The number of ether oxygens (including phenoxy) is 1. The zero-order chi connectivity index (χ0) is 23.6. The lowest BCUT2D eigenvalue weighted by Crippen LogP contribution is -2.25. The molecule has 168 valence electrons. The molecule has 0 aliphatic rings. The van der Waals surface area contributed by atoms with Crippen LogP contribution in [0.25, 0.3) is 0 Å². The van der Waals surface area contributed by atoms with E-state index in [0.29, 0.717) is 10.7 Å². The molecule has 0 unspecified atom stereocenters. The van der Waals surface area contributed by atoms with E-state index in [0.717, 1.165) is 4.68 Å². The second kappa shape index (κ2) is 8.88. The third-order valence-corrected chi connectivity index (χ3v) is 6.05. The van der Waals surface area contributed by atoms with Crippen molar-refractivity contribution in [3.8, 4) is 11.5 Å². The average Bonchev–Trinajstić information content (AvgIpc) is 3.08. The third kappa shape index (κ3) is 4.78. The largest absolute Gasteiger partial charge is 0.450 e. The summed E-state index contributed by atoms with van der Waals surface area (Å²) in [7, 11) is -3.92. The Morgan fingerprint density at radius 3 is 2.33 bits per heavy atom. The van der Waals surface area contributed by atoms with Gasteiger partial charge in [-0.2, -0.15) is 4.68 Å². The summed E-state index contributed by atoms with van der Waals surface area (Å²) in [4.78, 5) is 33.0. The topological polar surface area (TPSA) is 136 Å². The predicted octanol–water partition coefficient (Wildman–Crippen LogP) is 3.21. The SMILES string of the molecule is Cc1[nH]n(C(=O)c2ccc(Cl)cc2)c(=O)c1Oc1ccc(S(=O)(=O)Nc2ncccn2)cc1. The van der Waals surface area contributed by atoms with Crippen LogP contribution in [-0.2, 0) is 10.0 Å². The Kier molecular flexibility index (Phi) is 5.99. The van der Waals surface area contributed by atoms with Crippen molar-refractivity contribution in [2.75, 3.05) is 4.72 Å². The van der Waals surface area contributed by atoms with Crippen LogP contribution in [-0.4, -0.2) is 34.1 Å². The standard InChI is InChI=1S/C21H16ClN5O5S/c1-13-18(20(29)27(25-13)19(28)14-3-5-15(22)6-4-14)32-16-7-9-17(10-8-16)33(30,31)26-21-23-11-2-12-24-21/h2-12,25H,1H3,(H,23,24,26). The number of H-pyrrole nitrogens is 1. The minimum absolute atomic E-state index is 0.0524. The molecule has 12 heteroatoms. The van der Waals surface area contributed by atoms with Gasteiger partial charge in [-0.1, -0.05) is 11.6 Å². The van der Waals surface area contributed by atoms with E-state index in [1.54, 1.807) is 25.1 Å². The highest BCUT2D eigenvalue weighted by Crippen LogP contribution is 2.23. The summed E-state index contributed by atoms with van der Waals surface area (Å²) in [6.07, 6.45) is 2.82. The van der Waals surface area contributed by atoms with E-state index >= 15 is 0 Å². The number of hydrogen-bond acceptors (Lipinski definition) is 7. The number of nitrogens with zero attached hydrogens (tertiary/aromatic N) is 3. The summed E-state index contributed by atoms with van der Waals surface area (Å²) < 4.78 is 33.7. The van der Waals surface area contributed by atoms with Crippen molar-refractivity contribution in [3.05, 3.63) is 93.6 Å². The van der Waals surface area contributed by atoms with Crippen LogP contribution in [0.4, 0.5) is 5.95 Å². The van der Waals surface area contributed by atoms with Crippen molar-refractivity contribution in [2.45, 2.75) is 11.8 Å². The molecule has 0 saturated carbocycles. The second-order valence-electron chi connectivity index (χ2n) is 6.77. The van der Waals surface area contributed by atoms with E-state index in [1.807, 2.05) is 0 Å². The summed E-state index contributed by atoms with van der Waals surface area (Å²) >= 11 is 5.84. The lowest BCUT2D eigenvalue weighted by atomic mass is 10.2. The number of carbonyl (C=O) groups excluding carboxylic acids is 1. The summed E-state index contributed by atoms with van der Waals surface area (Å²) in [5.41, 5.74) is -0.104. The summed E-state index contributed by atoms with van der Waals surface area (Å²) in [5.74, 6) is -0.532. The minimum Gasteiger partial charge on any atom is -0.450 e. The Balaban J connectivity index is 1.54. The number of aromatic nitrogens is 4. The highest BCUT2D eigenvalue weighted by Gasteiger charge is 2.20. The van der Waals surface area contributed by atoms with Gasteiger partial charge in [0.25, 0.3) is 15.9 Å². The maximum atomic E-state index is 12.7. The number of anilines is 1. The summed E-state index contributed by atoms with van der Waals surface area (Å²) in [6.45, 7) is 1.57. The molecule has 0 bridgehead atoms. The van der Waals surface area contributed by atoms with Gasteiger partial charge in [-0.15, -0.1) is 0 Å². The first-order chi connectivity index (χ1) is 15.7. The van der Waals surface area contributed by atoms with Crippen LogP contribution in [0, 0.1) is 6.92 Å². The maximum Gasteiger partial charge on any atom is 0.317 e. The Hall–Kier alpha value is -3.96. The first kappa shape index (κ1) is 22.2. The first-order valence-electron chi connectivity index (χ1n) is 9.44. The fourth-order valence-corrected chi connectivity index (χ4v) is 3.94. The average molecular weight is 486 g/mol. The van der Waals surface area contributed by atoms with Gasteiger partial charge in [0.1, 0.15) is 5.75 Å². The minimum atomic E-state index is -3.92. The van der Waals surface area contributed by atoms with Crippen molar-refractivity contribution in [1.29, 1.82) is 0 Å². The van der Waals surface area contributed by atoms with Gasteiger partial charge < -0.3 is 4.74 Å². The third-order valence-electron chi connectivity index (χ3n) is 4.46. The smallest absolute Gasteiger partial charge is 0.317 e. The van der Waals surface area contributed by atoms with Crippen molar-refractivity contribution in [2.24, 2.45) is 0 Å². The number of carbonyl (C=O) groups is 1. The van der Waals surface area contributed by atoms with Gasteiger partial charge >= 0.3 is 5.56 Å². The quantitative estimate of drug-likeness (QED) is 0.428. The Morgan fingerprint density at radius 1 is 1.06 bits per heavy atom. The van der Waals surface area contributed by atoms with Crippen molar-refractivity contribution in [3.63, 3.8) is 0 Å². The number of sulfonamides is 1. The van der Waals surface area contributed by atoms with Crippen LogP contribution in [0.3, 0.4) is 0 Å². The number of benzene rings is 2. The molecule has 2 aromatic carbocycles. The summed E-state index contributed by atoms with van der Waals surface area (Å²) in [6, 6.07) is 13.0. The summed E-state index contributed by atoms with van der Waals surface area (Å²) in [5, 5.41) is 3.15. The lowest BCUT2D eigenvalue weighted by Gasteiger charge is -2.07. The maximum absolute atomic E-state index is 12.7. The molecule has 0 spiro atoms. The van der Waals surface area contributed by atoms with Gasteiger partial charge in [0.15, 0.2) is 0 Å². The molecular weight excluding hydrogens is 470 g/mol. The molecule has 0 aliphatic heterocycles. The van der Waals surface area contributed by atoms with Gasteiger partial charge in [0.05, 0.1) is 10.6 Å². The van der Waals surface area contributed by atoms with Crippen LogP contribution >= 0.6 is 11.6 Å². The monoisotopic (exact) mass is 485 g/mol. The molecule has 0 fully saturated rings. The predicted molar refractivity (Wildman–Crippen MR) is 120 cm³/mol. The molecule has 2 heterocycles. The van der Waals surface area contributed by atoms with Crippen molar-refractivity contribution < 1.29 is 17.9 Å². The number of aryl methyl sites for hydroxylation is 1. The molecule has 2 aromatic heterocycles. The fourth-order valence-electron chi connectivity index (χ4n) is 2.85. The first-order valence-corrected chi connectivity index (χ1v) is 11.3. The van der Waals surface area contributed by atoms with Crippen LogP contribution in [0.1, 0.15) is 16.1 Å². The Bertz CT molecular complexity index is 1460. The van der Waals surface area contributed by atoms with Gasteiger partial charge in [-0.3, -0.25) is 14.7 Å². The van der Waals surface area contributed by atoms with Crippen LogP contribution < -0.4 is 15.0 Å². The van der Waals surface area contributed by atoms with Gasteiger partial charge in [0, 0.05) is 23.0 Å². The fraction of sp³-hybridized carbons (Fsp3) is 0.0476. The lowest BCUT2D eigenvalue weighted by molar-refractivity contribution is 0.0940. The highest BCUT2D eigenvalue weighted by molar-refractivity contribution is 7.92. The number of hydrogen-bond donors (Lipinski definition) is 2. The molecule has 4 aromatic rings. The number of nitrogens with one attached hydrogen (secondary N) is 2. The van der Waals surface area contributed by atoms with Crippen LogP contribution in [0.2, 0.25) is 5.02 Å². The van der Waals surface area contributed by atoms with E-state index in [1.165, 1.54) is 48.8 Å². The van der Waals surface area contributed by atoms with E-state index in [-0.39, 0.29) is 27.9 Å². The Labute approximate surface area is 192 Å². The van der Waals surface area contributed by atoms with E-state index in [9.17, 15) is 18.0 Å². The molecule has 0 radical (unpaired) electrons. The number of rotatable bonds is 6. The molecule has 0 saturated heterocycles. The molecule has 0 atom stereocenters. The Morgan fingerprint density at radius 2 is 1.70 bits per heavy atom. The molecule has 10 nitrogen and oxygen atoms in total. The molecule has 0 aliphatic carbocycles. The van der Waals surface area contributed by atoms with Crippen LogP contribution in [0.5, 0.6) is 11.5 Å². The van der Waals surface area contributed by atoms with E-state index in [2.05, 4.69) is 19.8 Å². The van der Waals surface area contributed by atoms with Gasteiger partial charge in [-0.05, 0) is 61.5 Å². The molecule has 33 heavy (non-hydrogen) atoms. The zero-order valence-corrected chi connectivity index (χ0v) is 18.6. The van der Waals surface area contributed by atoms with Crippen LogP contribution in [0.15, 0.2) is 76.7 Å². The van der Waals surface area contributed by atoms with Gasteiger partial charge in [0.2, 0.25) is 11.7 Å². The molecule has 4 rings (SSSR count). The normalized spacial score (nSPS) is 11.2. The highest BCUT2D eigenvalue weighted by atomic mass is 35.5. The zero-order valence-electron chi connectivity index (χ0n) is 17.0. The van der Waals surface area contributed by atoms with Gasteiger partial charge in [-0.25, -0.2) is 23.1 Å². The number of halogens is 1. The van der Waals surface area contributed by atoms with Crippen molar-refractivity contribution in [1.82, 2.24) is 19.7 Å². The van der Waals surface area contributed by atoms with E-state index < -0.39 is 21.5 Å². The molecule has 2 N–H and O–H groups in total. The second-order valence-corrected chi connectivity index (χ2v) is 8.89. The van der Waals surface area contributed by atoms with Crippen molar-refractivity contribution >= 4 is 33.5 Å². The van der Waals surface area contributed by atoms with E-state index in [4.69, 9.17) is 16.3 Å². The number of aromatic amines is 1. The molecular formula is C21H16ClN5O5S.